The second-order valence-electron chi connectivity index (χ2n) is 6.24. The Morgan fingerprint density at radius 3 is 2.35 bits per heavy atom. The zero-order valence-corrected chi connectivity index (χ0v) is 19.4. The number of anilines is 2. The van der Waals surface area contributed by atoms with E-state index in [1.807, 2.05) is 0 Å². The number of aromatic nitrogens is 4. The van der Waals surface area contributed by atoms with Crippen LogP contribution in [0.1, 0.15) is 16.2 Å². The molecule has 0 aliphatic rings. The molecule has 0 saturated heterocycles. The maximum absolute atomic E-state index is 12.7. The standard InChI is InChI=1S/C18H19BrN6O5S/c1-10-15(19)16(25(2)23-10)17(26)20-11-5-7-12(8-6-11)31(27,28)24-13-9-14(29-3)22-18(21-13)30-4/h5-9H,1-4H3,(H,20,26)(H,21,22,24). The zero-order chi connectivity index (χ0) is 22.8. The molecule has 1 aromatic carbocycles. The van der Waals surface area contributed by atoms with Gasteiger partial charge in [-0.3, -0.25) is 14.2 Å². The number of nitrogens with zero attached hydrogens (tertiary/aromatic N) is 4. The quantitative estimate of drug-likeness (QED) is 0.493. The van der Waals surface area contributed by atoms with E-state index in [1.54, 1.807) is 14.0 Å². The predicted molar refractivity (Wildman–Crippen MR) is 116 cm³/mol. The summed E-state index contributed by atoms with van der Waals surface area (Å²) in [5.41, 5.74) is 1.45. The zero-order valence-electron chi connectivity index (χ0n) is 17.0. The molecule has 0 aliphatic carbocycles. The van der Waals surface area contributed by atoms with Gasteiger partial charge in [-0.05, 0) is 47.1 Å². The van der Waals surface area contributed by atoms with Crippen LogP contribution in [0, 0.1) is 6.92 Å². The van der Waals surface area contributed by atoms with Crippen LogP contribution in [0.15, 0.2) is 39.7 Å². The Kier molecular flexibility index (Phi) is 6.45. The van der Waals surface area contributed by atoms with Crippen LogP contribution in [0.2, 0.25) is 0 Å². The van der Waals surface area contributed by atoms with Gasteiger partial charge in [-0.25, -0.2) is 8.42 Å². The molecule has 1 amide bonds. The molecule has 31 heavy (non-hydrogen) atoms. The Balaban J connectivity index is 1.78. The number of nitrogens with one attached hydrogen (secondary N) is 2. The first-order chi connectivity index (χ1) is 14.6. The molecule has 0 radical (unpaired) electrons. The highest BCUT2D eigenvalue weighted by Gasteiger charge is 2.20. The molecule has 0 unspecified atom stereocenters. The molecule has 2 heterocycles. The average Bonchev–Trinajstić information content (AvgIpc) is 2.99. The molecule has 0 atom stereocenters. The Hall–Kier alpha value is -3.19. The molecule has 3 rings (SSSR count). The maximum Gasteiger partial charge on any atom is 0.321 e. The molecule has 0 spiro atoms. The third kappa shape index (κ3) is 4.94. The van der Waals surface area contributed by atoms with Gasteiger partial charge in [-0.1, -0.05) is 0 Å². The highest BCUT2D eigenvalue weighted by atomic mass is 79.9. The van der Waals surface area contributed by atoms with E-state index < -0.39 is 10.0 Å². The third-order valence-corrected chi connectivity index (χ3v) is 6.42. The van der Waals surface area contributed by atoms with Gasteiger partial charge < -0.3 is 14.8 Å². The molecule has 0 aliphatic heterocycles. The Labute approximate surface area is 187 Å². The smallest absolute Gasteiger partial charge is 0.321 e. The minimum absolute atomic E-state index is 0.0162. The van der Waals surface area contributed by atoms with E-state index >= 15 is 0 Å². The summed E-state index contributed by atoms with van der Waals surface area (Å²) in [6, 6.07) is 6.94. The molecule has 164 valence electrons. The molecule has 2 aromatic heterocycles. The van der Waals surface area contributed by atoms with E-state index in [9.17, 15) is 13.2 Å². The summed E-state index contributed by atoms with van der Waals surface area (Å²) in [6.07, 6.45) is 0. The number of carbonyl (C=O) groups excluding carboxylic acids is 1. The lowest BCUT2D eigenvalue weighted by Gasteiger charge is -2.10. The highest BCUT2D eigenvalue weighted by Crippen LogP contribution is 2.23. The monoisotopic (exact) mass is 510 g/mol. The predicted octanol–water partition coefficient (Wildman–Crippen LogP) is 2.35. The molecular formula is C18H19BrN6O5S. The number of carbonyl (C=O) groups is 1. The fraction of sp³-hybridized carbons (Fsp3) is 0.222. The summed E-state index contributed by atoms with van der Waals surface area (Å²) >= 11 is 3.34. The number of ether oxygens (including phenoxy) is 2. The van der Waals surface area contributed by atoms with Gasteiger partial charge in [0.2, 0.25) is 5.88 Å². The van der Waals surface area contributed by atoms with E-state index in [0.717, 1.165) is 0 Å². The Morgan fingerprint density at radius 1 is 1.13 bits per heavy atom. The molecule has 0 fully saturated rings. The summed E-state index contributed by atoms with van der Waals surface area (Å²) in [6.45, 7) is 1.77. The summed E-state index contributed by atoms with van der Waals surface area (Å²) < 4.78 is 39.7. The van der Waals surface area contributed by atoms with E-state index in [4.69, 9.17) is 9.47 Å². The fourth-order valence-electron chi connectivity index (χ4n) is 2.64. The Bertz CT molecular complexity index is 1200. The lowest BCUT2D eigenvalue weighted by Crippen LogP contribution is -2.17. The normalized spacial score (nSPS) is 11.1. The van der Waals surface area contributed by atoms with Gasteiger partial charge in [-0.2, -0.15) is 15.1 Å². The molecule has 0 bridgehead atoms. The van der Waals surface area contributed by atoms with Gasteiger partial charge >= 0.3 is 6.01 Å². The number of halogens is 1. The van der Waals surface area contributed by atoms with Gasteiger partial charge in [0, 0.05) is 18.8 Å². The van der Waals surface area contributed by atoms with Crippen molar-refractivity contribution < 1.29 is 22.7 Å². The van der Waals surface area contributed by atoms with Crippen LogP contribution < -0.4 is 19.5 Å². The van der Waals surface area contributed by atoms with Crippen LogP contribution in [-0.4, -0.2) is 48.3 Å². The topological polar surface area (TPSA) is 137 Å². The van der Waals surface area contributed by atoms with Crippen molar-refractivity contribution in [3.05, 3.63) is 46.2 Å². The van der Waals surface area contributed by atoms with Crippen molar-refractivity contribution >= 4 is 43.4 Å². The molecule has 3 aromatic rings. The van der Waals surface area contributed by atoms with Crippen molar-refractivity contribution in [3.8, 4) is 11.9 Å². The maximum atomic E-state index is 12.7. The first kappa shape index (κ1) is 22.5. The molecule has 11 nitrogen and oxygen atoms in total. The number of benzene rings is 1. The summed E-state index contributed by atoms with van der Waals surface area (Å²) in [5.74, 6) is -0.263. The van der Waals surface area contributed by atoms with E-state index in [0.29, 0.717) is 21.5 Å². The minimum atomic E-state index is -3.96. The van der Waals surface area contributed by atoms with Crippen molar-refractivity contribution in [3.63, 3.8) is 0 Å². The number of hydrogen-bond donors (Lipinski definition) is 2. The SMILES string of the molecule is COc1cc(NS(=O)(=O)c2ccc(NC(=O)c3c(Br)c(C)nn3C)cc2)nc(OC)n1. The van der Waals surface area contributed by atoms with Crippen molar-refractivity contribution in [2.45, 2.75) is 11.8 Å². The first-order valence-corrected chi connectivity index (χ1v) is 11.0. The van der Waals surface area contributed by atoms with Gasteiger partial charge in [-0.15, -0.1) is 0 Å². The third-order valence-electron chi connectivity index (χ3n) is 4.10. The number of rotatable bonds is 7. The van der Waals surface area contributed by atoms with Crippen molar-refractivity contribution in [1.82, 2.24) is 19.7 Å². The van der Waals surface area contributed by atoms with E-state index in [-0.39, 0.29) is 28.5 Å². The van der Waals surface area contributed by atoms with Crippen molar-refractivity contribution in [2.75, 3.05) is 24.3 Å². The van der Waals surface area contributed by atoms with Crippen LogP contribution in [0.5, 0.6) is 11.9 Å². The van der Waals surface area contributed by atoms with Crippen molar-refractivity contribution in [2.24, 2.45) is 7.05 Å². The van der Waals surface area contributed by atoms with E-state index in [1.165, 1.54) is 49.2 Å². The summed E-state index contributed by atoms with van der Waals surface area (Å²) in [7, 11) is 0.441. The highest BCUT2D eigenvalue weighted by molar-refractivity contribution is 9.10. The number of hydrogen-bond acceptors (Lipinski definition) is 8. The summed E-state index contributed by atoms with van der Waals surface area (Å²) in [4.78, 5) is 20.4. The fourth-order valence-corrected chi connectivity index (χ4v) is 4.14. The minimum Gasteiger partial charge on any atom is -0.481 e. The number of amides is 1. The lowest BCUT2D eigenvalue weighted by molar-refractivity contribution is 0.101. The second-order valence-corrected chi connectivity index (χ2v) is 8.71. The number of methoxy groups -OCH3 is 2. The van der Waals surface area contributed by atoms with Crippen LogP contribution in [0.3, 0.4) is 0 Å². The first-order valence-electron chi connectivity index (χ1n) is 8.75. The average molecular weight is 511 g/mol. The molecule has 2 N–H and O–H groups in total. The van der Waals surface area contributed by atoms with Gasteiger partial charge in [0.15, 0.2) is 5.82 Å². The van der Waals surface area contributed by atoms with Gasteiger partial charge in [0.05, 0.1) is 29.3 Å². The molecular weight excluding hydrogens is 492 g/mol. The Morgan fingerprint density at radius 2 is 1.81 bits per heavy atom. The second kappa shape index (κ2) is 8.89. The van der Waals surface area contributed by atoms with Crippen LogP contribution in [0.25, 0.3) is 0 Å². The van der Waals surface area contributed by atoms with Gasteiger partial charge in [0.1, 0.15) is 5.69 Å². The van der Waals surface area contributed by atoms with Gasteiger partial charge in [0.25, 0.3) is 15.9 Å². The van der Waals surface area contributed by atoms with Crippen LogP contribution in [-0.2, 0) is 17.1 Å². The molecule has 13 heteroatoms. The largest absolute Gasteiger partial charge is 0.481 e. The van der Waals surface area contributed by atoms with E-state index in [2.05, 4.69) is 41.0 Å². The van der Waals surface area contributed by atoms with Crippen LogP contribution in [0.4, 0.5) is 11.5 Å². The molecule has 0 saturated carbocycles. The number of sulfonamides is 1. The number of aryl methyl sites for hydroxylation is 2. The van der Waals surface area contributed by atoms with Crippen LogP contribution >= 0.6 is 15.9 Å². The van der Waals surface area contributed by atoms with Crippen molar-refractivity contribution in [1.29, 1.82) is 0 Å². The summed E-state index contributed by atoms with van der Waals surface area (Å²) in [5, 5.41) is 6.89. The lowest BCUT2D eigenvalue weighted by atomic mass is 10.3.